The van der Waals surface area contributed by atoms with Crippen molar-refractivity contribution in [2.24, 2.45) is 0 Å². The zero-order chi connectivity index (χ0) is 12.1. The summed E-state index contributed by atoms with van der Waals surface area (Å²) in [6, 6.07) is 4.70. The molecule has 0 heterocycles. The minimum atomic E-state index is -0.538. The number of benzene rings is 1. The quantitative estimate of drug-likeness (QED) is 0.699. The number of aliphatic hydroxyl groups is 1. The summed E-state index contributed by atoms with van der Waals surface area (Å²) in [6.45, 7) is 2.05. The van der Waals surface area contributed by atoms with Gasteiger partial charge >= 0.3 is 0 Å². The fourth-order valence-corrected chi connectivity index (χ4v) is 1.35. The van der Waals surface area contributed by atoms with Gasteiger partial charge in [-0.05, 0) is 24.6 Å². The first kappa shape index (κ1) is 12.8. The van der Waals surface area contributed by atoms with E-state index in [1.54, 1.807) is 12.1 Å². The molecule has 88 valence electrons. The molecule has 1 aromatic rings. The number of anilines is 1. The number of halogens is 1. The number of aliphatic hydroxyl groups excluding tert-OH is 1. The van der Waals surface area contributed by atoms with Crippen molar-refractivity contribution in [2.75, 3.05) is 12.3 Å². The van der Waals surface area contributed by atoms with Crippen LogP contribution in [0.5, 0.6) is 0 Å². The van der Waals surface area contributed by atoms with Gasteiger partial charge in [0.15, 0.2) is 0 Å². The monoisotopic (exact) mass is 242 g/mol. The Hall–Kier alpha value is -1.26. The van der Waals surface area contributed by atoms with Crippen LogP contribution in [0.3, 0.4) is 0 Å². The lowest BCUT2D eigenvalue weighted by Crippen LogP contribution is -2.32. The molecule has 0 bridgehead atoms. The number of nitrogens with two attached hydrogens (primary N) is 1. The Kier molecular flexibility index (Phi) is 4.58. The Morgan fingerprint density at radius 2 is 2.31 bits per heavy atom. The zero-order valence-corrected chi connectivity index (χ0v) is 9.79. The van der Waals surface area contributed by atoms with Crippen molar-refractivity contribution in [3.8, 4) is 0 Å². The number of amides is 1. The molecule has 1 amide bonds. The second-order valence-electron chi connectivity index (χ2n) is 3.50. The molecule has 0 fully saturated rings. The number of carbonyl (C=O) groups excluding carboxylic acids is 1. The van der Waals surface area contributed by atoms with Crippen molar-refractivity contribution in [1.82, 2.24) is 5.32 Å². The number of nitrogen functional groups attached to an aromatic ring is 1. The van der Waals surface area contributed by atoms with Crippen LogP contribution in [0.2, 0.25) is 5.02 Å². The van der Waals surface area contributed by atoms with E-state index in [1.165, 1.54) is 6.07 Å². The first-order valence-electron chi connectivity index (χ1n) is 5.06. The summed E-state index contributed by atoms with van der Waals surface area (Å²) in [6.07, 6.45) is 0.0510. The highest BCUT2D eigenvalue weighted by Gasteiger charge is 2.11. The van der Waals surface area contributed by atoms with Gasteiger partial charge in [-0.25, -0.2) is 0 Å². The molecule has 1 atom stereocenters. The standard InChI is InChI=1S/C11H15ClN2O2/c1-2-8(15)6-14-11(16)9-5-7(12)3-4-10(9)13/h3-5,8,15H,2,6,13H2,1H3,(H,14,16). The maximum Gasteiger partial charge on any atom is 0.253 e. The molecule has 4 N–H and O–H groups in total. The lowest BCUT2D eigenvalue weighted by Gasteiger charge is -2.10. The van der Waals surface area contributed by atoms with Crippen LogP contribution in [0.25, 0.3) is 0 Å². The van der Waals surface area contributed by atoms with Gasteiger partial charge in [0.05, 0.1) is 11.7 Å². The molecule has 0 aliphatic rings. The maximum absolute atomic E-state index is 11.7. The molecule has 5 heteroatoms. The average molecular weight is 243 g/mol. The number of hydrogen-bond donors (Lipinski definition) is 3. The molecule has 0 aromatic heterocycles. The predicted molar refractivity (Wildman–Crippen MR) is 64.5 cm³/mol. The minimum absolute atomic E-state index is 0.210. The molecular formula is C11H15ClN2O2. The highest BCUT2D eigenvalue weighted by Crippen LogP contribution is 2.17. The SMILES string of the molecule is CCC(O)CNC(=O)c1cc(Cl)ccc1N. The molecular weight excluding hydrogens is 228 g/mol. The highest BCUT2D eigenvalue weighted by atomic mass is 35.5. The van der Waals surface area contributed by atoms with Crippen LogP contribution in [-0.2, 0) is 0 Å². The van der Waals surface area contributed by atoms with Crippen LogP contribution >= 0.6 is 11.6 Å². The summed E-state index contributed by atoms with van der Waals surface area (Å²) in [5.41, 5.74) is 6.35. The van der Waals surface area contributed by atoms with Crippen LogP contribution in [0.1, 0.15) is 23.7 Å². The second kappa shape index (κ2) is 5.72. The summed E-state index contributed by atoms with van der Waals surface area (Å²) >= 11 is 5.77. The predicted octanol–water partition coefficient (Wildman–Crippen LogP) is 1.42. The molecule has 0 spiro atoms. The fraction of sp³-hybridized carbons (Fsp3) is 0.364. The molecule has 16 heavy (non-hydrogen) atoms. The number of hydrogen-bond acceptors (Lipinski definition) is 3. The van der Waals surface area contributed by atoms with E-state index in [-0.39, 0.29) is 12.5 Å². The number of nitrogens with one attached hydrogen (secondary N) is 1. The van der Waals surface area contributed by atoms with Crippen molar-refractivity contribution >= 4 is 23.2 Å². The van der Waals surface area contributed by atoms with Crippen molar-refractivity contribution < 1.29 is 9.90 Å². The van der Waals surface area contributed by atoms with Gasteiger partial charge in [0, 0.05) is 17.3 Å². The van der Waals surface area contributed by atoms with E-state index in [1.807, 2.05) is 6.92 Å². The molecule has 1 aromatic carbocycles. The first-order valence-corrected chi connectivity index (χ1v) is 5.43. The van der Waals surface area contributed by atoms with Gasteiger partial charge in [-0.2, -0.15) is 0 Å². The van der Waals surface area contributed by atoms with E-state index in [9.17, 15) is 9.90 Å². The largest absolute Gasteiger partial charge is 0.398 e. The average Bonchev–Trinajstić information content (AvgIpc) is 2.28. The molecule has 4 nitrogen and oxygen atoms in total. The van der Waals surface area contributed by atoms with Gasteiger partial charge in [-0.15, -0.1) is 0 Å². The second-order valence-corrected chi connectivity index (χ2v) is 3.94. The zero-order valence-electron chi connectivity index (χ0n) is 9.03. The molecule has 0 saturated heterocycles. The molecule has 1 unspecified atom stereocenters. The fourth-order valence-electron chi connectivity index (χ4n) is 1.18. The van der Waals surface area contributed by atoms with Gasteiger partial charge in [0.25, 0.3) is 5.91 Å². The summed E-state index contributed by atoms with van der Waals surface area (Å²) < 4.78 is 0. The normalized spacial score (nSPS) is 12.2. The Morgan fingerprint density at radius 1 is 1.62 bits per heavy atom. The topological polar surface area (TPSA) is 75.3 Å². The van der Waals surface area contributed by atoms with E-state index in [0.717, 1.165) is 0 Å². The molecule has 0 aliphatic carbocycles. The Labute approximate surface area is 99.4 Å². The van der Waals surface area contributed by atoms with E-state index in [2.05, 4.69) is 5.32 Å². The van der Waals surface area contributed by atoms with E-state index >= 15 is 0 Å². The van der Waals surface area contributed by atoms with E-state index < -0.39 is 6.10 Å². The van der Waals surface area contributed by atoms with Crippen molar-refractivity contribution in [1.29, 1.82) is 0 Å². The van der Waals surface area contributed by atoms with E-state index in [0.29, 0.717) is 22.7 Å². The van der Waals surface area contributed by atoms with Gasteiger partial charge in [0.2, 0.25) is 0 Å². The third-order valence-corrected chi connectivity index (χ3v) is 2.46. The highest BCUT2D eigenvalue weighted by molar-refractivity contribution is 6.31. The Bertz CT molecular complexity index is 382. The van der Waals surface area contributed by atoms with Crippen molar-refractivity contribution in [2.45, 2.75) is 19.4 Å². The Morgan fingerprint density at radius 3 is 2.94 bits per heavy atom. The molecule has 0 radical (unpaired) electrons. The molecule has 0 saturated carbocycles. The van der Waals surface area contributed by atoms with Gasteiger partial charge < -0.3 is 16.2 Å². The first-order chi connectivity index (χ1) is 7.54. The number of carbonyl (C=O) groups is 1. The third-order valence-electron chi connectivity index (χ3n) is 2.23. The van der Waals surface area contributed by atoms with Crippen LogP contribution in [0, 0.1) is 0 Å². The summed E-state index contributed by atoms with van der Waals surface area (Å²) in [7, 11) is 0. The van der Waals surface area contributed by atoms with Crippen molar-refractivity contribution in [3.63, 3.8) is 0 Å². The number of rotatable bonds is 4. The van der Waals surface area contributed by atoms with Crippen LogP contribution in [0.4, 0.5) is 5.69 Å². The van der Waals surface area contributed by atoms with Crippen LogP contribution in [0.15, 0.2) is 18.2 Å². The van der Waals surface area contributed by atoms with Gasteiger partial charge in [0.1, 0.15) is 0 Å². The molecule has 1 rings (SSSR count). The molecule has 0 aliphatic heterocycles. The maximum atomic E-state index is 11.7. The van der Waals surface area contributed by atoms with Gasteiger partial charge in [-0.3, -0.25) is 4.79 Å². The van der Waals surface area contributed by atoms with Gasteiger partial charge in [-0.1, -0.05) is 18.5 Å². The third kappa shape index (κ3) is 3.40. The lowest BCUT2D eigenvalue weighted by molar-refractivity contribution is 0.0915. The van der Waals surface area contributed by atoms with E-state index in [4.69, 9.17) is 17.3 Å². The summed E-state index contributed by atoms with van der Waals surface area (Å²) in [5, 5.41) is 12.3. The van der Waals surface area contributed by atoms with Crippen LogP contribution in [-0.4, -0.2) is 23.7 Å². The smallest absolute Gasteiger partial charge is 0.253 e. The summed E-state index contributed by atoms with van der Waals surface area (Å²) in [4.78, 5) is 11.7. The van der Waals surface area contributed by atoms with Crippen LogP contribution < -0.4 is 11.1 Å². The Balaban J connectivity index is 2.69. The lowest BCUT2D eigenvalue weighted by atomic mass is 10.1. The summed E-state index contributed by atoms with van der Waals surface area (Å²) in [5.74, 6) is -0.326. The van der Waals surface area contributed by atoms with Crippen molar-refractivity contribution in [3.05, 3.63) is 28.8 Å². The minimum Gasteiger partial charge on any atom is -0.398 e.